The first-order valence-corrected chi connectivity index (χ1v) is 5.23. The first-order valence-electron chi connectivity index (χ1n) is 5.23. The molecule has 2 aliphatic rings. The number of hydrogen-bond acceptors (Lipinski definition) is 2. The van der Waals surface area contributed by atoms with Gasteiger partial charge in [-0.2, -0.15) is 0 Å². The van der Waals surface area contributed by atoms with Crippen LogP contribution in [0.1, 0.15) is 19.3 Å². The predicted octanol–water partition coefficient (Wildman–Crippen LogP) is 1.19. The summed E-state index contributed by atoms with van der Waals surface area (Å²) in [6, 6.07) is 0. The summed E-state index contributed by atoms with van der Waals surface area (Å²) in [4.78, 5) is 0. The third-order valence-electron chi connectivity index (χ3n) is 3.57. The predicted molar refractivity (Wildman–Crippen MR) is 51.1 cm³/mol. The highest BCUT2D eigenvalue weighted by Gasteiger charge is 2.36. The summed E-state index contributed by atoms with van der Waals surface area (Å²) in [5.41, 5.74) is 0. The molecule has 0 aromatic rings. The lowest BCUT2D eigenvalue weighted by atomic mass is 9.85. The van der Waals surface area contributed by atoms with Crippen LogP contribution in [0.5, 0.6) is 0 Å². The van der Waals surface area contributed by atoms with Crippen molar-refractivity contribution in [3.05, 3.63) is 12.2 Å². The van der Waals surface area contributed by atoms with E-state index in [-0.39, 0.29) is 19.1 Å². The van der Waals surface area contributed by atoms with E-state index in [0.717, 1.165) is 24.2 Å². The molecule has 2 nitrogen and oxygen atoms in total. The fraction of sp³-hybridized carbons (Fsp3) is 0.818. The summed E-state index contributed by atoms with van der Waals surface area (Å²) in [7, 11) is 0. The maximum absolute atomic E-state index is 8.98. The Morgan fingerprint density at radius 3 is 2.38 bits per heavy atom. The van der Waals surface area contributed by atoms with E-state index >= 15 is 0 Å². The van der Waals surface area contributed by atoms with Crippen LogP contribution in [0.3, 0.4) is 0 Å². The van der Waals surface area contributed by atoms with Gasteiger partial charge in [0.1, 0.15) is 0 Å². The molecule has 2 aliphatic carbocycles. The second-order valence-corrected chi connectivity index (χ2v) is 4.51. The van der Waals surface area contributed by atoms with Crippen LogP contribution in [0.4, 0.5) is 0 Å². The van der Waals surface area contributed by atoms with Gasteiger partial charge in [-0.3, -0.25) is 0 Å². The highest BCUT2D eigenvalue weighted by Crippen LogP contribution is 2.45. The van der Waals surface area contributed by atoms with E-state index in [1.54, 1.807) is 0 Å². The number of fused-ring (bicyclic) bond motifs is 2. The van der Waals surface area contributed by atoms with Gasteiger partial charge in [-0.05, 0) is 37.0 Å². The normalized spacial score (nSPS) is 36.4. The Hall–Kier alpha value is -0.340. The van der Waals surface area contributed by atoms with E-state index in [1.807, 2.05) is 0 Å². The highest BCUT2D eigenvalue weighted by molar-refractivity contribution is 5.10. The van der Waals surface area contributed by atoms with Gasteiger partial charge in [0.05, 0.1) is 0 Å². The van der Waals surface area contributed by atoms with E-state index in [1.165, 1.54) is 12.8 Å². The first-order chi connectivity index (χ1) is 6.33. The third-order valence-corrected chi connectivity index (χ3v) is 3.57. The van der Waals surface area contributed by atoms with Crippen LogP contribution in [0.15, 0.2) is 12.2 Å². The molecule has 2 bridgehead atoms. The molecule has 74 valence electrons. The molecule has 0 amide bonds. The molecule has 0 spiro atoms. The molecule has 1 saturated carbocycles. The van der Waals surface area contributed by atoms with Crippen molar-refractivity contribution in [2.75, 3.05) is 13.2 Å². The van der Waals surface area contributed by atoms with Gasteiger partial charge >= 0.3 is 0 Å². The lowest BCUT2D eigenvalue weighted by molar-refractivity contribution is 0.125. The largest absolute Gasteiger partial charge is 0.396 e. The van der Waals surface area contributed by atoms with Crippen molar-refractivity contribution < 1.29 is 10.2 Å². The fourth-order valence-electron chi connectivity index (χ4n) is 2.80. The Morgan fingerprint density at radius 1 is 1.15 bits per heavy atom. The summed E-state index contributed by atoms with van der Waals surface area (Å²) in [6.45, 7) is 0.266. The molecule has 0 saturated heterocycles. The van der Waals surface area contributed by atoms with Gasteiger partial charge in [-0.1, -0.05) is 12.2 Å². The van der Waals surface area contributed by atoms with E-state index in [9.17, 15) is 0 Å². The lowest BCUT2D eigenvalue weighted by Gasteiger charge is -2.21. The Labute approximate surface area is 79.3 Å². The van der Waals surface area contributed by atoms with Crippen molar-refractivity contribution in [1.82, 2.24) is 0 Å². The maximum Gasteiger partial charge on any atom is 0.0481 e. The summed E-state index contributed by atoms with van der Waals surface area (Å²) >= 11 is 0. The van der Waals surface area contributed by atoms with Gasteiger partial charge in [0.2, 0.25) is 0 Å². The molecule has 0 radical (unpaired) electrons. The standard InChI is InChI=1S/C11H18O2/c12-6-9(7-13)5-11-4-8-1-2-10(11)3-8/h1-2,8-13H,3-7H2. The zero-order chi connectivity index (χ0) is 9.26. The molecule has 0 aromatic carbocycles. The minimum Gasteiger partial charge on any atom is -0.396 e. The number of hydrogen-bond donors (Lipinski definition) is 2. The quantitative estimate of drug-likeness (QED) is 0.641. The van der Waals surface area contributed by atoms with Gasteiger partial charge in [-0.25, -0.2) is 0 Å². The zero-order valence-electron chi connectivity index (χ0n) is 7.89. The average molecular weight is 182 g/mol. The third kappa shape index (κ3) is 1.79. The van der Waals surface area contributed by atoms with Crippen LogP contribution in [0.2, 0.25) is 0 Å². The van der Waals surface area contributed by atoms with Gasteiger partial charge in [0, 0.05) is 19.1 Å². The molecule has 2 rings (SSSR count). The fourth-order valence-corrected chi connectivity index (χ4v) is 2.80. The van der Waals surface area contributed by atoms with E-state index in [0.29, 0.717) is 0 Å². The first kappa shape index (κ1) is 9.22. The maximum atomic E-state index is 8.98. The smallest absolute Gasteiger partial charge is 0.0481 e. The Kier molecular flexibility index (Phi) is 2.70. The van der Waals surface area contributed by atoms with Crippen molar-refractivity contribution in [2.45, 2.75) is 19.3 Å². The Balaban J connectivity index is 1.86. The van der Waals surface area contributed by atoms with E-state index < -0.39 is 0 Å². The molecule has 1 fully saturated rings. The minimum absolute atomic E-state index is 0.109. The van der Waals surface area contributed by atoms with Crippen LogP contribution in [-0.2, 0) is 0 Å². The summed E-state index contributed by atoms with van der Waals surface area (Å²) < 4.78 is 0. The average Bonchev–Trinajstić information content (AvgIpc) is 2.75. The minimum atomic E-state index is 0.109. The molecule has 2 heteroatoms. The number of aliphatic hydroxyl groups excluding tert-OH is 2. The summed E-state index contributed by atoms with van der Waals surface area (Å²) in [6.07, 6.45) is 8.24. The monoisotopic (exact) mass is 182 g/mol. The number of rotatable bonds is 4. The SMILES string of the molecule is OCC(CO)CC1CC2C=CC1C2. The summed E-state index contributed by atoms with van der Waals surface area (Å²) in [5, 5.41) is 18.0. The van der Waals surface area contributed by atoms with Crippen LogP contribution in [0, 0.1) is 23.7 Å². The molecule has 13 heavy (non-hydrogen) atoms. The van der Waals surface area contributed by atoms with Crippen LogP contribution in [-0.4, -0.2) is 23.4 Å². The molecule has 0 aliphatic heterocycles. The van der Waals surface area contributed by atoms with E-state index in [4.69, 9.17) is 10.2 Å². The number of allylic oxidation sites excluding steroid dienone is 2. The number of aliphatic hydroxyl groups is 2. The molecular formula is C11H18O2. The molecule has 2 N–H and O–H groups in total. The van der Waals surface area contributed by atoms with Crippen molar-refractivity contribution in [1.29, 1.82) is 0 Å². The van der Waals surface area contributed by atoms with Gasteiger partial charge in [0.15, 0.2) is 0 Å². The van der Waals surface area contributed by atoms with Crippen molar-refractivity contribution >= 4 is 0 Å². The molecule has 0 heterocycles. The van der Waals surface area contributed by atoms with Crippen LogP contribution < -0.4 is 0 Å². The van der Waals surface area contributed by atoms with Crippen molar-refractivity contribution in [2.24, 2.45) is 23.7 Å². The second kappa shape index (κ2) is 3.81. The van der Waals surface area contributed by atoms with Gasteiger partial charge in [-0.15, -0.1) is 0 Å². The molecule has 3 atom stereocenters. The molecule has 3 unspecified atom stereocenters. The van der Waals surface area contributed by atoms with Crippen LogP contribution >= 0.6 is 0 Å². The Bertz CT molecular complexity index is 196. The second-order valence-electron chi connectivity index (χ2n) is 4.51. The van der Waals surface area contributed by atoms with Gasteiger partial charge < -0.3 is 10.2 Å². The Morgan fingerprint density at radius 2 is 1.92 bits per heavy atom. The zero-order valence-corrected chi connectivity index (χ0v) is 7.89. The van der Waals surface area contributed by atoms with Gasteiger partial charge in [0.25, 0.3) is 0 Å². The van der Waals surface area contributed by atoms with Crippen molar-refractivity contribution in [3.8, 4) is 0 Å². The van der Waals surface area contributed by atoms with Crippen molar-refractivity contribution in [3.63, 3.8) is 0 Å². The lowest BCUT2D eigenvalue weighted by Crippen LogP contribution is -2.18. The van der Waals surface area contributed by atoms with Crippen LogP contribution in [0.25, 0.3) is 0 Å². The molecule has 0 aromatic heterocycles. The highest BCUT2D eigenvalue weighted by atomic mass is 16.3. The summed E-state index contributed by atoms with van der Waals surface area (Å²) in [5.74, 6) is 2.37. The molecular weight excluding hydrogens is 164 g/mol. The topological polar surface area (TPSA) is 40.5 Å². The van der Waals surface area contributed by atoms with E-state index in [2.05, 4.69) is 12.2 Å².